The lowest BCUT2D eigenvalue weighted by molar-refractivity contribution is 0.475. The second-order valence-electron chi connectivity index (χ2n) is 28.1. The molecule has 0 radical (unpaired) electrons. The third-order valence-electron chi connectivity index (χ3n) is 19.3. The summed E-state index contributed by atoms with van der Waals surface area (Å²) in [6, 6.07) is 96.2. The lowest BCUT2D eigenvalue weighted by Crippen LogP contribution is -1.93. The van der Waals surface area contributed by atoms with Crippen LogP contribution in [0.15, 0.2) is 273 Å². The molecule has 2 aliphatic rings. The SMILES string of the molecule is C1CC2CCC1C2.CC.CC.CC(C)c1ccc(O)cc1.CC(C)c1ccccc1.CCC.CCC.CCc1c2ccccc2c(CC)c2ccccc12.CCc1ccc(-c2ccc(CC)cc2)cc1.CCc1ccc(/C=C/c2ccc(CC)cc2)cc1.CCc1ccc(CC)cc1.c1ccc2ccccc2c1. The quantitative estimate of drug-likeness (QED) is 0.0901. The van der Waals surface area contributed by atoms with E-state index in [4.69, 9.17) is 5.11 Å². The van der Waals surface area contributed by atoms with E-state index in [2.05, 4.69) is 366 Å². The average Bonchev–Trinajstić information content (AvgIpc) is 0.825. The zero-order valence-electron chi connectivity index (χ0n) is 71.0. The molecule has 1 N–H and O–H groups in total. The molecule has 1 nitrogen and oxygen atoms in total. The van der Waals surface area contributed by atoms with Gasteiger partial charge in [0.1, 0.15) is 5.75 Å². The summed E-state index contributed by atoms with van der Waals surface area (Å²) in [5.74, 6) is 3.88. The summed E-state index contributed by atoms with van der Waals surface area (Å²) in [5, 5.41) is 17.3. The largest absolute Gasteiger partial charge is 0.508 e. The van der Waals surface area contributed by atoms with Crippen molar-refractivity contribution in [2.75, 3.05) is 0 Å². The summed E-state index contributed by atoms with van der Waals surface area (Å²) in [7, 11) is 0. The number of rotatable bonds is 13. The second-order valence-corrected chi connectivity index (χ2v) is 28.1. The fourth-order valence-corrected chi connectivity index (χ4v) is 12.9. The van der Waals surface area contributed by atoms with Crippen LogP contribution in [0.5, 0.6) is 5.75 Å². The highest BCUT2D eigenvalue weighted by molar-refractivity contribution is 6.05. The summed E-state index contributed by atoms with van der Waals surface area (Å²) in [6.07, 6.45) is 23.5. The smallest absolute Gasteiger partial charge is 0.115 e. The topological polar surface area (TPSA) is 20.2 Å². The van der Waals surface area contributed by atoms with E-state index in [1.807, 2.05) is 45.9 Å². The average molecular weight is 1440 g/mol. The molecule has 0 heterocycles. The third kappa shape index (κ3) is 34.0. The molecule has 0 aromatic heterocycles. The molecule has 108 heavy (non-hydrogen) atoms. The summed E-state index contributed by atoms with van der Waals surface area (Å²) < 4.78 is 0. The van der Waals surface area contributed by atoms with Crippen LogP contribution in [0.2, 0.25) is 0 Å². The van der Waals surface area contributed by atoms with E-state index in [1.54, 1.807) is 44.2 Å². The molecule has 0 atom stereocenters. The number of phenols is 1. The molecule has 1 heteroatoms. The van der Waals surface area contributed by atoms with E-state index < -0.39 is 0 Å². The van der Waals surface area contributed by atoms with Crippen molar-refractivity contribution in [2.24, 2.45) is 11.8 Å². The van der Waals surface area contributed by atoms with Crippen LogP contribution < -0.4 is 0 Å². The Bertz CT molecular complexity index is 3890. The Labute approximate surface area is 660 Å². The van der Waals surface area contributed by atoms with Gasteiger partial charge in [-0.05, 0) is 204 Å². The Balaban J connectivity index is 0.000000319. The molecule has 2 bridgehead atoms. The summed E-state index contributed by atoms with van der Waals surface area (Å²) in [5.41, 5.74) is 19.2. The van der Waals surface area contributed by atoms with Crippen molar-refractivity contribution in [1.82, 2.24) is 0 Å². The lowest BCUT2D eigenvalue weighted by atomic mass is 9.90. The standard InChI is InChI=1S/C18H18.C18H20.C16H18.C10H8.C10H14.C9H12O.C9H12.C7H12.2C3H8.2C2H6/c1-3-13-15-9-5-7-11-17(15)14(4-2)18-12-8-6-10-16(13)18;1-3-15-5-9-17(10-6-15)13-14-18-11-7-16(4-2)8-12-18;1-3-13-5-9-15(10-6-13)16-11-7-14(4-2)8-12-16;1-2-6-10-8-4-3-7-9(10)5-1;1-3-9-5-7-10(4-2)8-6-9;1-7(2)8-3-5-9(10)6-4-8;1-8(2)9-6-4-3-5-7-9;1-2-7-4-3-6(1)5-7;2*1-3-2;2*1-2/h5-12H,3-4H2,1-2H3;5-14H,3-4H2,1-2H3;5-12H,3-4H2,1-2H3;1-8H;5-8H,3-4H2,1-2H3;3-7,10H,1-2H3;3-8H,1-2H3;6-7H,1-5H2;2*3H2,1-2H3;2*1-2H3/b;14-13+;;;;;;;;;;. The predicted octanol–water partition coefficient (Wildman–Crippen LogP) is 32.6. The molecule has 0 aliphatic heterocycles. The Morgan fingerprint density at radius 3 is 0.731 bits per heavy atom. The maximum absolute atomic E-state index is 8.94. The first-order valence-electron chi connectivity index (χ1n) is 41.9. The molecule has 0 saturated heterocycles. The highest BCUT2D eigenvalue weighted by atomic mass is 16.3. The van der Waals surface area contributed by atoms with Crippen LogP contribution in [-0.2, 0) is 51.4 Å². The van der Waals surface area contributed by atoms with Gasteiger partial charge in [-0.3, -0.25) is 0 Å². The number of aromatic hydroxyl groups is 1. The lowest BCUT2D eigenvalue weighted by Gasteiger charge is -2.14. The van der Waals surface area contributed by atoms with Crippen molar-refractivity contribution in [3.8, 4) is 16.9 Å². The van der Waals surface area contributed by atoms with Gasteiger partial charge in [-0.1, -0.05) is 450 Å². The fourth-order valence-electron chi connectivity index (χ4n) is 12.9. The van der Waals surface area contributed by atoms with Crippen molar-refractivity contribution in [2.45, 2.75) is 247 Å². The maximum Gasteiger partial charge on any atom is 0.115 e. The van der Waals surface area contributed by atoms with Crippen LogP contribution in [0, 0.1) is 11.8 Å². The van der Waals surface area contributed by atoms with E-state index in [1.165, 1.54) is 135 Å². The van der Waals surface area contributed by atoms with Gasteiger partial charge in [-0.2, -0.15) is 0 Å². The zero-order chi connectivity index (χ0) is 79.3. The molecule has 2 saturated carbocycles. The van der Waals surface area contributed by atoms with Gasteiger partial charge in [-0.15, -0.1) is 0 Å². The molecule has 2 fully saturated rings. The Hall–Kier alpha value is -9.04. The number of fused-ring (bicyclic) bond motifs is 5. The first-order valence-corrected chi connectivity index (χ1v) is 41.9. The molecular weight excluding hydrogens is 1300 g/mol. The van der Waals surface area contributed by atoms with E-state index >= 15 is 0 Å². The molecule has 12 aromatic rings. The summed E-state index contributed by atoms with van der Waals surface area (Å²) in [6.45, 7) is 42.8. The third-order valence-corrected chi connectivity index (χ3v) is 19.3. The molecule has 12 aromatic carbocycles. The minimum absolute atomic E-state index is 0.337. The highest BCUT2D eigenvalue weighted by Crippen LogP contribution is 2.44. The van der Waals surface area contributed by atoms with Crippen molar-refractivity contribution < 1.29 is 5.11 Å². The van der Waals surface area contributed by atoms with Crippen LogP contribution in [-0.4, -0.2) is 5.11 Å². The van der Waals surface area contributed by atoms with Gasteiger partial charge < -0.3 is 5.11 Å². The number of benzene rings is 12. The molecule has 0 unspecified atom stereocenters. The Morgan fingerprint density at radius 2 is 0.509 bits per heavy atom. The van der Waals surface area contributed by atoms with E-state index in [-0.39, 0.29) is 0 Å². The van der Waals surface area contributed by atoms with Crippen molar-refractivity contribution >= 4 is 44.5 Å². The van der Waals surface area contributed by atoms with Crippen molar-refractivity contribution in [3.63, 3.8) is 0 Å². The van der Waals surface area contributed by atoms with E-state index in [0.717, 1.165) is 51.4 Å². The minimum Gasteiger partial charge on any atom is -0.508 e. The Kier molecular flexibility index (Phi) is 48.5. The zero-order valence-corrected chi connectivity index (χ0v) is 71.0. The van der Waals surface area contributed by atoms with Gasteiger partial charge >= 0.3 is 0 Å². The first-order chi connectivity index (χ1) is 52.6. The van der Waals surface area contributed by atoms with E-state index in [9.17, 15) is 0 Å². The fraction of sp³-hybridized carbons (Fsp3) is 0.364. The van der Waals surface area contributed by atoms with Gasteiger partial charge in [0, 0.05) is 0 Å². The van der Waals surface area contributed by atoms with Crippen LogP contribution in [0.25, 0.3) is 55.6 Å². The van der Waals surface area contributed by atoms with Crippen LogP contribution >= 0.6 is 0 Å². The van der Waals surface area contributed by atoms with Gasteiger partial charge in [-0.25, -0.2) is 0 Å². The number of hydrogen-bond acceptors (Lipinski definition) is 1. The van der Waals surface area contributed by atoms with Gasteiger partial charge in [0.05, 0.1) is 0 Å². The minimum atomic E-state index is 0.337. The molecule has 2 aliphatic carbocycles. The molecular formula is C107H142O. The number of aryl methyl sites for hydroxylation is 8. The molecule has 0 spiro atoms. The highest BCUT2D eigenvalue weighted by Gasteiger charge is 2.30. The van der Waals surface area contributed by atoms with Crippen LogP contribution in [0.1, 0.15) is 262 Å². The first kappa shape index (κ1) is 93.2. The number of phenolic OH excluding ortho intramolecular Hbond substituents is 1. The van der Waals surface area contributed by atoms with Gasteiger partial charge in [0.25, 0.3) is 0 Å². The van der Waals surface area contributed by atoms with Crippen LogP contribution in [0.3, 0.4) is 0 Å². The Morgan fingerprint density at radius 1 is 0.278 bits per heavy atom. The van der Waals surface area contributed by atoms with Gasteiger partial charge in [0.2, 0.25) is 0 Å². The predicted molar refractivity (Wildman–Crippen MR) is 488 cm³/mol. The molecule has 576 valence electrons. The summed E-state index contributed by atoms with van der Waals surface area (Å²) >= 11 is 0. The van der Waals surface area contributed by atoms with Crippen LogP contribution in [0.4, 0.5) is 0 Å². The van der Waals surface area contributed by atoms with E-state index in [0.29, 0.717) is 17.6 Å². The van der Waals surface area contributed by atoms with Crippen molar-refractivity contribution in [1.29, 1.82) is 0 Å². The van der Waals surface area contributed by atoms with Crippen molar-refractivity contribution in [3.05, 3.63) is 340 Å². The maximum atomic E-state index is 8.94. The second kappa shape index (κ2) is 56.2. The monoisotopic (exact) mass is 1440 g/mol. The number of hydrogen-bond donors (Lipinski definition) is 1. The summed E-state index contributed by atoms with van der Waals surface area (Å²) in [4.78, 5) is 0. The normalized spacial score (nSPS) is 12.4. The van der Waals surface area contributed by atoms with Gasteiger partial charge in [0.15, 0.2) is 0 Å². The molecule has 0 amide bonds. The molecule has 14 rings (SSSR count).